The highest BCUT2D eigenvalue weighted by atomic mass is 32.1. The van der Waals surface area contributed by atoms with Crippen molar-refractivity contribution in [1.29, 1.82) is 0 Å². The molecule has 0 saturated carbocycles. The van der Waals surface area contributed by atoms with Gasteiger partial charge in [-0.1, -0.05) is 6.92 Å². The molecular formula is C15H20N2OS. The molecule has 0 radical (unpaired) electrons. The highest BCUT2D eigenvalue weighted by molar-refractivity contribution is 7.15. The molecule has 0 aliphatic heterocycles. The number of hydrogen-bond donors (Lipinski definition) is 1. The van der Waals surface area contributed by atoms with E-state index < -0.39 is 0 Å². The number of ether oxygens (including phenoxy) is 1. The third kappa shape index (κ3) is 3.55. The molecule has 4 heteroatoms. The summed E-state index contributed by atoms with van der Waals surface area (Å²) in [5, 5.41) is 4.42. The van der Waals surface area contributed by atoms with Gasteiger partial charge in [0.2, 0.25) is 0 Å². The second-order valence-electron chi connectivity index (χ2n) is 4.27. The topological polar surface area (TPSA) is 34.1 Å². The number of aryl methyl sites for hydroxylation is 1. The highest BCUT2D eigenvalue weighted by Crippen LogP contribution is 2.29. The highest BCUT2D eigenvalue weighted by Gasteiger charge is 2.09. The van der Waals surface area contributed by atoms with Gasteiger partial charge in [-0.3, -0.25) is 0 Å². The van der Waals surface area contributed by atoms with E-state index in [0.29, 0.717) is 6.61 Å². The van der Waals surface area contributed by atoms with Crippen molar-refractivity contribution in [2.45, 2.75) is 27.3 Å². The molecule has 102 valence electrons. The molecule has 0 saturated heterocycles. The number of thiazole rings is 1. The van der Waals surface area contributed by atoms with Crippen molar-refractivity contribution in [2.75, 3.05) is 13.2 Å². The van der Waals surface area contributed by atoms with Crippen molar-refractivity contribution < 1.29 is 4.74 Å². The van der Waals surface area contributed by atoms with Crippen LogP contribution in [0.2, 0.25) is 0 Å². The van der Waals surface area contributed by atoms with E-state index in [4.69, 9.17) is 4.74 Å². The largest absolute Gasteiger partial charge is 0.494 e. The van der Waals surface area contributed by atoms with Gasteiger partial charge in [-0.2, -0.15) is 0 Å². The zero-order chi connectivity index (χ0) is 13.7. The Labute approximate surface area is 118 Å². The Morgan fingerprint density at radius 2 is 1.95 bits per heavy atom. The molecule has 0 unspecified atom stereocenters. The lowest BCUT2D eigenvalue weighted by Gasteiger charge is -2.02. The van der Waals surface area contributed by atoms with Gasteiger partial charge < -0.3 is 10.1 Å². The van der Waals surface area contributed by atoms with Crippen LogP contribution < -0.4 is 10.1 Å². The van der Waals surface area contributed by atoms with Crippen LogP contribution in [0.15, 0.2) is 24.3 Å². The van der Waals surface area contributed by atoms with E-state index in [0.717, 1.165) is 35.1 Å². The van der Waals surface area contributed by atoms with E-state index in [-0.39, 0.29) is 0 Å². The van der Waals surface area contributed by atoms with Crippen LogP contribution in [0, 0.1) is 6.92 Å². The molecule has 19 heavy (non-hydrogen) atoms. The van der Waals surface area contributed by atoms with E-state index in [1.807, 2.05) is 19.1 Å². The molecule has 3 nitrogen and oxygen atoms in total. The Hall–Kier alpha value is -1.39. The zero-order valence-electron chi connectivity index (χ0n) is 11.7. The Morgan fingerprint density at radius 1 is 1.21 bits per heavy atom. The minimum atomic E-state index is 0.697. The second-order valence-corrected chi connectivity index (χ2v) is 5.35. The SMILES string of the molecule is CCNCc1sc(-c2ccc(OCC)cc2)nc1C. The summed E-state index contributed by atoms with van der Waals surface area (Å²) in [6.07, 6.45) is 0. The molecule has 0 atom stereocenters. The van der Waals surface area contributed by atoms with Gasteiger partial charge in [-0.05, 0) is 44.7 Å². The number of nitrogens with one attached hydrogen (secondary N) is 1. The summed E-state index contributed by atoms with van der Waals surface area (Å²) in [6, 6.07) is 8.14. The second kappa shape index (κ2) is 6.68. The van der Waals surface area contributed by atoms with Crippen LogP contribution in [0.25, 0.3) is 10.6 Å². The molecule has 2 rings (SSSR count). The lowest BCUT2D eigenvalue weighted by atomic mass is 10.2. The van der Waals surface area contributed by atoms with E-state index >= 15 is 0 Å². The fourth-order valence-corrected chi connectivity index (χ4v) is 2.85. The van der Waals surface area contributed by atoms with Gasteiger partial charge in [-0.15, -0.1) is 11.3 Å². The third-order valence-corrected chi connectivity index (χ3v) is 4.05. The normalized spacial score (nSPS) is 10.7. The molecule has 0 amide bonds. The quantitative estimate of drug-likeness (QED) is 0.875. The van der Waals surface area contributed by atoms with Crippen molar-refractivity contribution in [2.24, 2.45) is 0 Å². The van der Waals surface area contributed by atoms with Crippen LogP contribution in [-0.4, -0.2) is 18.1 Å². The lowest BCUT2D eigenvalue weighted by Crippen LogP contribution is -2.11. The molecule has 1 aromatic heterocycles. The van der Waals surface area contributed by atoms with Gasteiger partial charge in [0.15, 0.2) is 0 Å². The van der Waals surface area contributed by atoms with Gasteiger partial charge in [0.05, 0.1) is 12.3 Å². The average molecular weight is 276 g/mol. The number of benzene rings is 1. The number of rotatable bonds is 6. The summed E-state index contributed by atoms with van der Waals surface area (Å²) in [6.45, 7) is 8.76. The van der Waals surface area contributed by atoms with E-state index in [2.05, 4.69) is 36.3 Å². The summed E-state index contributed by atoms with van der Waals surface area (Å²) in [4.78, 5) is 5.96. The number of hydrogen-bond acceptors (Lipinski definition) is 4. The van der Waals surface area contributed by atoms with E-state index in [9.17, 15) is 0 Å². The first-order valence-corrected chi connectivity index (χ1v) is 7.46. The molecule has 0 aliphatic rings. The third-order valence-electron chi connectivity index (χ3n) is 2.84. The molecule has 0 spiro atoms. The minimum absolute atomic E-state index is 0.697. The van der Waals surface area contributed by atoms with Crippen LogP contribution in [0.3, 0.4) is 0 Å². The fourth-order valence-electron chi connectivity index (χ4n) is 1.81. The summed E-state index contributed by atoms with van der Waals surface area (Å²) in [5.74, 6) is 0.910. The van der Waals surface area contributed by atoms with Crippen molar-refractivity contribution in [3.63, 3.8) is 0 Å². The maximum atomic E-state index is 5.45. The molecular weight excluding hydrogens is 256 g/mol. The molecule has 1 N–H and O–H groups in total. The Morgan fingerprint density at radius 3 is 2.58 bits per heavy atom. The van der Waals surface area contributed by atoms with Crippen molar-refractivity contribution >= 4 is 11.3 Å². The van der Waals surface area contributed by atoms with Crippen LogP contribution in [0.4, 0.5) is 0 Å². The first-order valence-electron chi connectivity index (χ1n) is 6.64. The predicted octanol–water partition coefficient (Wildman–Crippen LogP) is 3.63. The molecule has 0 bridgehead atoms. The number of aromatic nitrogens is 1. The van der Waals surface area contributed by atoms with E-state index in [1.165, 1.54) is 4.88 Å². The van der Waals surface area contributed by atoms with Crippen LogP contribution in [0.5, 0.6) is 5.75 Å². The Bertz CT molecular complexity index is 519. The summed E-state index contributed by atoms with van der Waals surface area (Å²) >= 11 is 1.76. The van der Waals surface area contributed by atoms with Gasteiger partial charge in [0.25, 0.3) is 0 Å². The van der Waals surface area contributed by atoms with Gasteiger partial charge >= 0.3 is 0 Å². The molecule has 1 heterocycles. The summed E-state index contributed by atoms with van der Waals surface area (Å²) in [5.41, 5.74) is 2.27. The molecule has 1 aromatic carbocycles. The van der Waals surface area contributed by atoms with Crippen LogP contribution in [-0.2, 0) is 6.54 Å². The standard InChI is InChI=1S/C15H20N2OS/c1-4-16-10-14-11(3)17-15(19-14)12-6-8-13(9-7-12)18-5-2/h6-9,16H,4-5,10H2,1-3H3. The van der Waals surface area contributed by atoms with Crippen molar-refractivity contribution in [3.05, 3.63) is 34.8 Å². The maximum Gasteiger partial charge on any atom is 0.123 e. The van der Waals surface area contributed by atoms with E-state index in [1.54, 1.807) is 11.3 Å². The number of nitrogens with zero attached hydrogens (tertiary/aromatic N) is 1. The minimum Gasteiger partial charge on any atom is -0.494 e. The monoisotopic (exact) mass is 276 g/mol. The smallest absolute Gasteiger partial charge is 0.123 e. The molecule has 0 aliphatic carbocycles. The first kappa shape index (κ1) is 14.0. The van der Waals surface area contributed by atoms with Crippen LogP contribution >= 0.6 is 11.3 Å². The maximum absolute atomic E-state index is 5.45. The first-order chi connectivity index (χ1) is 9.24. The van der Waals surface area contributed by atoms with Crippen molar-refractivity contribution in [3.8, 4) is 16.3 Å². The van der Waals surface area contributed by atoms with Gasteiger partial charge in [0, 0.05) is 17.0 Å². The molecule has 0 fully saturated rings. The fraction of sp³-hybridized carbons (Fsp3) is 0.400. The molecule has 2 aromatic rings. The van der Waals surface area contributed by atoms with Crippen LogP contribution in [0.1, 0.15) is 24.4 Å². The zero-order valence-corrected chi connectivity index (χ0v) is 12.5. The van der Waals surface area contributed by atoms with Gasteiger partial charge in [0.1, 0.15) is 10.8 Å². The summed E-state index contributed by atoms with van der Waals surface area (Å²) in [7, 11) is 0. The lowest BCUT2D eigenvalue weighted by molar-refractivity contribution is 0.340. The Kier molecular flexibility index (Phi) is 4.93. The predicted molar refractivity (Wildman–Crippen MR) is 80.8 cm³/mol. The summed E-state index contributed by atoms with van der Waals surface area (Å²) < 4.78 is 5.45. The Balaban J connectivity index is 2.17. The average Bonchev–Trinajstić information content (AvgIpc) is 2.79. The van der Waals surface area contributed by atoms with Crippen molar-refractivity contribution in [1.82, 2.24) is 10.3 Å². The van der Waals surface area contributed by atoms with Gasteiger partial charge in [-0.25, -0.2) is 4.98 Å².